The maximum atomic E-state index is 4.58. The molecule has 0 atom stereocenters. The van der Waals surface area contributed by atoms with Crippen LogP contribution in [0.5, 0.6) is 0 Å². The highest BCUT2D eigenvalue weighted by Crippen LogP contribution is 2.21. The monoisotopic (exact) mass is 259 g/mol. The Bertz CT molecular complexity index is 457. The second kappa shape index (κ2) is 5.74. The Morgan fingerprint density at radius 3 is 2.79 bits per heavy atom. The summed E-state index contributed by atoms with van der Waals surface area (Å²) >= 11 is 0. The number of hydrogen-bond acceptors (Lipinski definition) is 3. The summed E-state index contributed by atoms with van der Waals surface area (Å²) in [5, 5.41) is 3.54. The van der Waals surface area contributed by atoms with Crippen molar-refractivity contribution in [2.75, 3.05) is 18.0 Å². The SMILES string of the molecule is CC1=CCN(c2ncccc2CNC(C)(C)C)CC1. The maximum Gasteiger partial charge on any atom is 0.133 e. The highest BCUT2D eigenvalue weighted by atomic mass is 15.2. The van der Waals surface area contributed by atoms with Crippen molar-refractivity contribution < 1.29 is 0 Å². The molecule has 0 aromatic carbocycles. The van der Waals surface area contributed by atoms with Crippen molar-refractivity contribution >= 4 is 5.82 Å². The molecule has 1 aliphatic heterocycles. The Kier molecular flexibility index (Phi) is 4.25. The van der Waals surface area contributed by atoms with Crippen molar-refractivity contribution in [2.45, 2.75) is 46.2 Å². The third-order valence-corrected chi connectivity index (χ3v) is 3.41. The van der Waals surface area contributed by atoms with Gasteiger partial charge in [0.1, 0.15) is 5.82 Å². The second-order valence-electron chi connectivity index (χ2n) is 6.34. The van der Waals surface area contributed by atoms with Crippen LogP contribution in [0.2, 0.25) is 0 Å². The van der Waals surface area contributed by atoms with Crippen LogP contribution in [0.4, 0.5) is 5.82 Å². The van der Waals surface area contributed by atoms with E-state index in [4.69, 9.17) is 0 Å². The van der Waals surface area contributed by atoms with E-state index in [-0.39, 0.29) is 5.54 Å². The molecule has 19 heavy (non-hydrogen) atoms. The van der Waals surface area contributed by atoms with Crippen LogP contribution < -0.4 is 10.2 Å². The molecule has 1 aromatic rings. The number of anilines is 1. The molecule has 0 saturated carbocycles. The van der Waals surface area contributed by atoms with Gasteiger partial charge in [0, 0.05) is 36.9 Å². The van der Waals surface area contributed by atoms with Crippen molar-refractivity contribution in [3.05, 3.63) is 35.5 Å². The minimum Gasteiger partial charge on any atom is -0.352 e. The van der Waals surface area contributed by atoms with Crippen LogP contribution in [0.15, 0.2) is 30.0 Å². The third kappa shape index (κ3) is 4.06. The molecule has 0 radical (unpaired) electrons. The van der Waals surface area contributed by atoms with Gasteiger partial charge in [-0.3, -0.25) is 0 Å². The van der Waals surface area contributed by atoms with E-state index in [9.17, 15) is 0 Å². The summed E-state index contributed by atoms with van der Waals surface area (Å²) in [7, 11) is 0. The van der Waals surface area contributed by atoms with Crippen molar-refractivity contribution in [1.29, 1.82) is 0 Å². The minimum absolute atomic E-state index is 0.130. The number of rotatable bonds is 3. The topological polar surface area (TPSA) is 28.2 Å². The first-order valence-corrected chi connectivity index (χ1v) is 7.05. The summed E-state index contributed by atoms with van der Waals surface area (Å²) in [6.45, 7) is 11.7. The fourth-order valence-corrected chi connectivity index (χ4v) is 2.18. The van der Waals surface area contributed by atoms with E-state index < -0.39 is 0 Å². The molecule has 1 aromatic heterocycles. The Balaban J connectivity index is 2.12. The lowest BCUT2D eigenvalue weighted by atomic mass is 10.1. The van der Waals surface area contributed by atoms with Crippen molar-refractivity contribution in [1.82, 2.24) is 10.3 Å². The molecule has 0 bridgehead atoms. The van der Waals surface area contributed by atoms with E-state index in [1.54, 1.807) is 0 Å². The quantitative estimate of drug-likeness (QED) is 0.845. The molecular weight excluding hydrogens is 234 g/mol. The summed E-state index contributed by atoms with van der Waals surface area (Å²) in [5.74, 6) is 1.13. The van der Waals surface area contributed by atoms with E-state index in [0.29, 0.717) is 0 Å². The zero-order valence-electron chi connectivity index (χ0n) is 12.5. The first kappa shape index (κ1) is 14.1. The van der Waals surface area contributed by atoms with Gasteiger partial charge in [-0.1, -0.05) is 17.7 Å². The van der Waals surface area contributed by atoms with E-state index in [0.717, 1.165) is 31.9 Å². The molecule has 3 nitrogen and oxygen atoms in total. The Hall–Kier alpha value is -1.35. The lowest BCUT2D eigenvalue weighted by Gasteiger charge is -2.29. The predicted octanol–water partition coefficient (Wildman–Crippen LogP) is 3.13. The second-order valence-corrected chi connectivity index (χ2v) is 6.34. The zero-order valence-corrected chi connectivity index (χ0v) is 12.5. The van der Waals surface area contributed by atoms with Gasteiger partial charge in [-0.2, -0.15) is 0 Å². The van der Waals surface area contributed by atoms with Gasteiger partial charge in [0.15, 0.2) is 0 Å². The summed E-state index contributed by atoms with van der Waals surface area (Å²) < 4.78 is 0. The van der Waals surface area contributed by atoms with Gasteiger partial charge in [-0.05, 0) is 40.2 Å². The van der Waals surface area contributed by atoms with E-state index in [1.165, 1.54) is 11.1 Å². The molecule has 2 heterocycles. The third-order valence-electron chi connectivity index (χ3n) is 3.41. The molecule has 0 saturated heterocycles. The largest absolute Gasteiger partial charge is 0.352 e. The van der Waals surface area contributed by atoms with E-state index >= 15 is 0 Å². The van der Waals surface area contributed by atoms with E-state index in [1.807, 2.05) is 12.3 Å². The van der Waals surface area contributed by atoms with Crippen LogP contribution in [0.1, 0.15) is 39.7 Å². The Labute approximate surface area is 116 Å². The van der Waals surface area contributed by atoms with Gasteiger partial charge in [0.2, 0.25) is 0 Å². The van der Waals surface area contributed by atoms with Gasteiger partial charge in [0.25, 0.3) is 0 Å². The van der Waals surface area contributed by atoms with Crippen molar-refractivity contribution in [2.24, 2.45) is 0 Å². The van der Waals surface area contributed by atoms with Crippen LogP contribution in [-0.2, 0) is 6.54 Å². The first-order chi connectivity index (χ1) is 8.96. The van der Waals surface area contributed by atoms with Gasteiger partial charge in [0.05, 0.1) is 0 Å². The fraction of sp³-hybridized carbons (Fsp3) is 0.562. The summed E-state index contributed by atoms with van der Waals surface area (Å²) in [5.41, 5.74) is 2.90. The molecule has 0 fully saturated rings. The van der Waals surface area contributed by atoms with Gasteiger partial charge in [-0.25, -0.2) is 4.98 Å². The highest BCUT2D eigenvalue weighted by Gasteiger charge is 2.16. The standard InChI is InChI=1S/C16H25N3/c1-13-7-10-19(11-8-13)15-14(6-5-9-17-15)12-18-16(2,3)4/h5-7,9,18H,8,10-12H2,1-4H3. The lowest BCUT2D eigenvalue weighted by Crippen LogP contribution is -2.36. The number of hydrogen-bond donors (Lipinski definition) is 1. The summed E-state index contributed by atoms with van der Waals surface area (Å²) in [6, 6.07) is 4.19. The zero-order chi connectivity index (χ0) is 13.9. The van der Waals surface area contributed by atoms with Gasteiger partial charge in [-0.15, -0.1) is 0 Å². The number of pyridine rings is 1. The smallest absolute Gasteiger partial charge is 0.133 e. The molecule has 1 N–H and O–H groups in total. The lowest BCUT2D eigenvalue weighted by molar-refractivity contribution is 0.424. The van der Waals surface area contributed by atoms with Crippen LogP contribution in [0, 0.1) is 0 Å². The molecule has 0 unspecified atom stereocenters. The number of nitrogens with zero attached hydrogens (tertiary/aromatic N) is 2. The average molecular weight is 259 g/mol. The molecule has 0 amide bonds. The summed E-state index contributed by atoms with van der Waals surface area (Å²) in [6.07, 6.45) is 5.34. The average Bonchev–Trinajstić information content (AvgIpc) is 2.37. The maximum absolute atomic E-state index is 4.58. The Morgan fingerprint density at radius 2 is 2.16 bits per heavy atom. The van der Waals surface area contributed by atoms with Crippen LogP contribution in [0.3, 0.4) is 0 Å². The number of nitrogens with one attached hydrogen (secondary N) is 1. The van der Waals surface area contributed by atoms with Crippen LogP contribution in [0.25, 0.3) is 0 Å². The molecular formula is C16H25N3. The normalized spacial score (nSPS) is 16.4. The molecule has 3 heteroatoms. The summed E-state index contributed by atoms with van der Waals surface area (Å²) in [4.78, 5) is 6.95. The van der Waals surface area contributed by atoms with Crippen molar-refractivity contribution in [3.63, 3.8) is 0 Å². The molecule has 0 aliphatic carbocycles. The van der Waals surface area contributed by atoms with Gasteiger partial charge < -0.3 is 10.2 Å². The first-order valence-electron chi connectivity index (χ1n) is 7.05. The highest BCUT2D eigenvalue weighted by molar-refractivity contribution is 5.48. The fourth-order valence-electron chi connectivity index (χ4n) is 2.18. The Morgan fingerprint density at radius 1 is 1.37 bits per heavy atom. The van der Waals surface area contributed by atoms with Crippen LogP contribution >= 0.6 is 0 Å². The molecule has 104 valence electrons. The van der Waals surface area contributed by atoms with Crippen molar-refractivity contribution in [3.8, 4) is 0 Å². The number of aromatic nitrogens is 1. The van der Waals surface area contributed by atoms with E-state index in [2.05, 4.69) is 55.0 Å². The molecule has 0 spiro atoms. The molecule has 1 aliphatic rings. The molecule has 2 rings (SSSR count). The van der Waals surface area contributed by atoms with Gasteiger partial charge >= 0.3 is 0 Å². The van der Waals surface area contributed by atoms with Crippen LogP contribution in [-0.4, -0.2) is 23.6 Å². The minimum atomic E-state index is 0.130. The predicted molar refractivity (Wildman–Crippen MR) is 81.4 cm³/mol.